The molecule has 0 atom stereocenters. The van der Waals surface area contributed by atoms with Crippen molar-refractivity contribution in [1.82, 2.24) is 0 Å². The van der Waals surface area contributed by atoms with Crippen molar-refractivity contribution in [2.24, 2.45) is 5.73 Å². The Kier molecular flexibility index (Phi) is 2.04. The van der Waals surface area contributed by atoms with Crippen LogP contribution in [0.15, 0.2) is 24.3 Å². The van der Waals surface area contributed by atoms with Crippen LogP contribution >= 0.6 is 0 Å². The number of rotatable bonds is 0. The van der Waals surface area contributed by atoms with Crippen LogP contribution in [0, 0.1) is 0 Å². The van der Waals surface area contributed by atoms with Crippen LogP contribution in [0.3, 0.4) is 0 Å². The molecule has 1 aliphatic heterocycles. The zero-order valence-electron chi connectivity index (χ0n) is 8.10. The predicted octanol–water partition coefficient (Wildman–Crippen LogP) is 1.02. The molecule has 4 nitrogen and oxygen atoms in total. The third kappa shape index (κ3) is 1.28. The number of nitrogens with two attached hydrogens (primary N) is 1. The molecule has 0 saturated carbocycles. The highest BCUT2D eigenvalue weighted by atomic mass is 16.2. The van der Waals surface area contributed by atoms with Crippen LogP contribution in [0.2, 0.25) is 0 Å². The average Bonchev–Trinajstić information content (AvgIpc) is 2.18. The molecule has 14 heavy (non-hydrogen) atoms. The zero-order valence-corrected chi connectivity index (χ0v) is 8.10. The minimum atomic E-state index is -0.384. The second-order valence-corrected chi connectivity index (χ2v) is 3.40. The van der Waals surface area contributed by atoms with Crippen molar-refractivity contribution in [1.29, 1.82) is 0 Å². The third-order valence-electron chi connectivity index (χ3n) is 2.51. The van der Waals surface area contributed by atoms with E-state index >= 15 is 0 Å². The summed E-state index contributed by atoms with van der Waals surface area (Å²) in [5.74, 6) is 0. The Morgan fingerprint density at radius 1 is 1.29 bits per heavy atom. The first-order valence-corrected chi connectivity index (χ1v) is 4.57. The van der Waals surface area contributed by atoms with Crippen LogP contribution in [-0.2, 0) is 0 Å². The molecule has 2 rings (SSSR count). The number of fused-ring (bicyclic) bond motifs is 1. The molecule has 2 amide bonds. The number of primary amides is 1. The molecule has 0 aliphatic carbocycles. The standard InChI is InChI=1S/C10H13N3O/c1-12-6-7-13(10(11)14)9-5-3-2-4-8(9)12/h2-5H,6-7H2,1H3,(H2,11,14). The maximum Gasteiger partial charge on any atom is 0.319 e. The van der Waals surface area contributed by atoms with Gasteiger partial charge in [-0.1, -0.05) is 12.1 Å². The molecule has 0 fully saturated rings. The number of likely N-dealkylation sites (N-methyl/N-ethyl adjacent to an activating group) is 1. The van der Waals surface area contributed by atoms with E-state index in [0.29, 0.717) is 6.54 Å². The number of benzene rings is 1. The average molecular weight is 191 g/mol. The van der Waals surface area contributed by atoms with Gasteiger partial charge in [-0.2, -0.15) is 0 Å². The molecule has 4 heteroatoms. The number of urea groups is 1. The monoisotopic (exact) mass is 191 g/mol. The summed E-state index contributed by atoms with van der Waals surface area (Å²) in [6.45, 7) is 1.48. The molecule has 1 aromatic carbocycles. The van der Waals surface area contributed by atoms with Crippen LogP contribution in [0.5, 0.6) is 0 Å². The Balaban J connectivity index is 2.46. The van der Waals surface area contributed by atoms with Gasteiger partial charge < -0.3 is 10.6 Å². The number of nitrogens with zero attached hydrogens (tertiary/aromatic N) is 2. The van der Waals surface area contributed by atoms with Gasteiger partial charge in [-0.25, -0.2) is 4.79 Å². The van der Waals surface area contributed by atoms with E-state index in [9.17, 15) is 4.79 Å². The van der Waals surface area contributed by atoms with Crippen molar-refractivity contribution in [2.45, 2.75) is 0 Å². The number of amides is 2. The van der Waals surface area contributed by atoms with Gasteiger partial charge in [0.2, 0.25) is 0 Å². The molecule has 1 heterocycles. The van der Waals surface area contributed by atoms with E-state index in [1.165, 1.54) is 0 Å². The molecule has 0 aromatic heterocycles. The third-order valence-corrected chi connectivity index (χ3v) is 2.51. The van der Waals surface area contributed by atoms with Crippen LogP contribution in [0.4, 0.5) is 16.2 Å². The lowest BCUT2D eigenvalue weighted by atomic mass is 10.2. The normalized spacial score (nSPS) is 15.2. The minimum Gasteiger partial charge on any atom is -0.371 e. The lowest BCUT2D eigenvalue weighted by molar-refractivity contribution is 0.254. The van der Waals surface area contributed by atoms with Gasteiger partial charge in [0.05, 0.1) is 11.4 Å². The molecule has 0 unspecified atom stereocenters. The lowest BCUT2D eigenvalue weighted by Gasteiger charge is -2.34. The minimum absolute atomic E-state index is 0.384. The summed E-state index contributed by atoms with van der Waals surface area (Å²) in [7, 11) is 2.01. The van der Waals surface area contributed by atoms with Gasteiger partial charge in [-0.05, 0) is 12.1 Å². The second kappa shape index (κ2) is 3.21. The molecular formula is C10H13N3O. The molecule has 0 saturated heterocycles. The summed E-state index contributed by atoms with van der Waals surface area (Å²) in [4.78, 5) is 14.9. The van der Waals surface area contributed by atoms with E-state index in [0.717, 1.165) is 17.9 Å². The summed E-state index contributed by atoms with van der Waals surface area (Å²) in [5, 5.41) is 0. The van der Waals surface area contributed by atoms with E-state index in [1.807, 2.05) is 31.3 Å². The highest BCUT2D eigenvalue weighted by Crippen LogP contribution is 2.31. The first-order chi connectivity index (χ1) is 6.70. The Hall–Kier alpha value is -1.71. The number of carbonyl (C=O) groups is 1. The van der Waals surface area contributed by atoms with Gasteiger partial charge in [-0.15, -0.1) is 0 Å². The van der Waals surface area contributed by atoms with E-state index in [4.69, 9.17) is 5.73 Å². The number of hydrogen-bond acceptors (Lipinski definition) is 2. The Bertz CT molecular complexity index is 364. The molecule has 1 aromatic rings. The topological polar surface area (TPSA) is 49.6 Å². The number of hydrogen-bond donors (Lipinski definition) is 1. The SMILES string of the molecule is CN1CCN(C(N)=O)c2ccccc21. The quantitative estimate of drug-likeness (QED) is 0.665. The Morgan fingerprint density at radius 2 is 1.93 bits per heavy atom. The summed E-state index contributed by atoms with van der Waals surface area (Å²) >= 11 is 0. The van der Waals surface area contributed by atoms with E-state index in [2.05, 4.69) is 4.90 Å². The lowest BCUT2D eigenvalue weighted by Crippen LogP contribution is -2.45. The molecule has 0 spiro atoms. The van der Waals surface area contributed by atoms with Crippen LogP contribution in [0.1, 0.15) is 0 Å². The molecule has 2 N–H and O–H groups in total. The van der Waals surface area contributed by atoms with Crippen molar-refractivity contribution in [3.05, 3.63) is 24.3 Å². The van der Waals surface area contributed by atoms with E-state index in [1.54, 1.807) is 4.90 Å². The van der Waals surface area contributed by atoms with Crippen LogP contribution in [-0.4, -0.2) is 26.2 Å². The van der Waals surface area contributed by atoms with Crippen molar-refractivity contribution in [3.8, 4) is 0 Å². The molecule has 1 aliphatic rings. The maximum atomic E-state index is 11.2. The zero-order chi connectivity index (χ0) is 10.1. The van der Waals surface area contributed by atoms with Crippen molar-refractivity contribution in [2.75, 3.05) is 29.9 Å². The summed E-state index contributed by atoms with van der Waals surface area (Å²) in [5.41, 5.74) is 7.25. The van der Waals surface area contributed by atoms with E-state index in [-0.39, 0.29) is 6.03 Å². The fourth-order valence-corrected chi connectivity index (χ4v) is 1.74. The van der Waals surface area contributed by atoms with Gasteiger partial charge >= 0.3 is 6.03 Å². The number of para-hydroxylation sites is 2. The Morgan fingerprint density at radius 3 is 2.57 bits per heavy atom. The molecule has 0 bridgehead atoms. The first-order valence-electron chi connectivity index (χ1n) is 4.57. The smallest absolute Gasteiger partial charge is 0.319 e. The van der Waals surface area contributed by atoms with Crippen LogP contribution < -0.4 is 15.5 Å². The predicted molar refractivity (Wildman–Crippen MR) is 56.6 cm³/mol. The highest BCUT2D eigenvalue weighted by molar-refractivity contribution is 5.95. The summed E-state index contributed by atoms with van der Waals surface area (Å²) in [6.07, 6.45) is 0. The largest absolute Gasteiger partial charge is 0.371 e. The summed E-state index contributed by atoms with van der Waals surface area (Å²) in [6, 6.07) is 7.39. The highest BCUT2D eigenvalue weighted by Gasteiger charge is 2.22. The van der Waals surface area contributed by atoms with Crippen molar-refractivity contribution in [3.63, 3.8) is 0 Å². The molecular weight excluding hydrogens is 178 g/mol. The van der Waals surface area contributed by atoms with Gasteiger partial charge in [0.25, 0.3) is 0 Å². The van der Waals surface area contributed by atoms with Gasteiger partial charge in [0.1, 0.15) is 0 Å². The van der Waals surface area contributed by atoms with Gasteiger partial charge in [0.15, 0.2) is 0 Å². The van der Waals surface area contributed by atoms with E-state index < -0.39 is 0 Å². The molecule has 0 radical (unpaired) electrons. The second-order valence-electron chi connectivity index (χ2n) is 3.40. The van der Waals surface area contributed by atoms with Gasteiger partial charge in [-0.3, -0.25) is 4.90 Å². The van der Waals surface area contributed by atoms with Crippen LogP contribution in [0.25, 0.3) is 0 Å². The van der Waals surface area contributed by atoms with Crippen molar-refractivity contribution < 1.29 is 4.79 Å². The number of anilines is 2. The maximum absolute atomic E-state index is 11.2. The fourth-order valence-electron chi connectivity index (χ4n) is 1.74. The summed E-state index contributed by atoms with van der Waals surface area (Å²) < 4.78 is 0. The first kappa shape index (κ1) is 8.87. The Labute approximate surface area is 82.9 Å². The van der Waals surface area contributed by atoms with Crippen molar-refractivity contribution >= 4 is 17.4 Å². The van der Waals surface area contributed by atoms with Gasteiger partial charge in [0, 0.05) is 20.1 Å². The fraction of sp³-hybridized carbons (Fsp3) is 0.300. The number of carbonyl (C=O) groups excluding carboxylic acids is 1. The molecule has 74 valence electrons.